The van der Waals surface area contributed by atoms with Gasteiger partial charge in [0.15, 0.2) is 0 Å². The minimum absolute atomic E-state index is 0.883. The van der Waals surface area contributed by atoms with E-state index in [1.54, 1.807) is 19.5 Å². The van der Waals surface area contributed by atoms with Gasteiger partial charge in [-0.2, -0.15) is 0 Å². The molecular weight excluding hydrogens is 326 g/mol. The number of hydrogen-bond donors (Lipinski definition) is 0. The summed E-state index contributed by atoms with van der Waals surface area (Å²) >= 11 is 3.24. The predicted octanol–water partition coefficient (Wildman–Crippen LogP) is 5.17. The molecule has 0 saturated carbocycles. The first kappa shape index (κ1) is 21.7. The fourth-order valence-corrected chi connectivity index (χ4v) is 1.16. The molecule has 1 aromatic carbocycles. The Balaban J connectivity index is 0. The Morgan fingerprint density at radius 3 is 2.29 bits per heavy atom. The fourth-order valence-electron chi connectivity index (χ4n) is 0.992. The van der Waals surface area contributed by atoms with Gasteiger partial charge in [-0.3, -0.25) is 9.98 Å². The number of aliphatic imine (C=N–C) groups is 3. The highest BCUT2D eigenvalue weighted by Gasteiger charge is 1.80. The van der Waals surface area contributed by atoms with Gasteiger partial charge in [0.1, 0.15) is 6.34 Å². The summed E-state index contributed by atoms with van der Waals surface area (Å²) in [6, 6.07) is 9.92. The van der Waals surface area contributed by atoms with Crippen molar-refractivity contribution in [2.45, 2.75) is 27.2 Å². The molecule has 0 aliphatic carbocycles. The average molecular weight is 352 g/mol. The van der Waals surface area contributed by atoms with Crippen molar-refractivity contribution in [2.75, 3.05) is 12.4 Å². The predicted molar refractivity (Wildman–Crippen MR) is 102 cm³/mol. The standard InChI is InChI=1S/C9H10N2.C6H10BrN.C2H6/c1-10-8-11-7-9-5-3-2-4-6-9;1-2-5-8-6-3-4-7;1-2/h2-8H,1H3;3,5-6H,2,4H2,1H3;1-2H3/b;6-3+,8-5?;. The van der Waals surface area contributed by atoms with Crippen LogP contribution >= 0.6 is 15.9 Å². The molecule has 0 aromatic heterocycles. The van der Waals surface area contributed by atoms with Crippen molar-refractivity contribution in [1.29, 1.82) is 0 Å². The van der Waals surface area contributed by atoms with E-state index in [2.05, 4.69) is 37.8 Å². The highest BCUT2D eigenvalue weighted by molar-refractivity contribution is 9.09. The van der Waals surface area contributed by atoms with E-state index in [0.29, 0.717) is 0 Å². The average Bonchev–Trinajstić information content (AvgIpc) is 2.56. The van der Waals surface area contributed by atoms with E-state index in [1.807, 2.05) is 56.5 Å². The summed E-state index contributed by atoms with van der Waals surface area (Å²) < 4.78 is 0. The van der Waals surface area contributed by atoms with Crippen molar-refractivity contribution < 1.29 is 0 Å². The fraction of sp³-hybridized carbons (Fsp3) is 0.353. The van der Waals surface area contributed by atoms with Crippen molar-refractivity contribution in [3.63, 3.8) is 0 Å². The number of rotatable bonds is 5. The van der Waals surface area contributed by atoms with Gasteiger partial charge in [0.25, 0.3) is 0 Å². The van der Waals surface area contributed by atoms with Gasteiger partial charge in [0.05, 0.1) is 0 Å². The molecule has 21 heavy (non-hydrogen) atoms. The molecule has 0 spiro atoms. The summed E-state index contributed by atoms with van der Waals surface area (Å²) in [6.45, 7) is 6.06. The summed E-state index contributed by atoms with van der Waals surface area (Å²) in [7, 11) is 1.70. The Morgan fingerprint density at radius 1 is 1.10 bits per heavy atom. The molecule has 0 N–H and O–H groups in total. The lowest BCUT2D eigenvalue weighted by Gasteiger charge is -1.86. The lowest BCUT2D eigenvalue weighted by Crippen LogP contribution is -1.78. The molecule has 116 valence electrons. The number of nitrogens with zero attached hydrogens (tertiary/aromatic N) is 3. The highest BCUT2D eigenvalue weighted by atomic mass is 79.9. The Bertz CT molecular complexity index is 397. The smallest absolute Gasteiger partial charge is 0.109 e. The quantitative estimate of drug-likeness (QED) is 0.399. The van der Waals surface area contributed by atoms with Crippen LogP contribution in [0.2, 0.25) is 0 Å². The molecule has 0 heterocycles. The van der Waals surface area contributed by atoms with E-state index in [-0.39, 0.29) is 0 Å². The number of benzene rings is 1. The summed E-state index contributed by atoms with van der Waals surface area (Å²) in [5.41, 5.74) is 1.09. The van der Waals surface area contributed by atoms with Gasteiger partial charge in [-0.15, -0.1) is 0 Å². The summed E-state index contributed by atoms with van der Waals surface area (Å²) in [6.07, 6.45) is 9.91. The van der Waals surface area contributed by atoms with Crippen LogP contribution in [-0.2, 0) is 0 Å². The van der Waals surface area contributed by atoms with Crippen molar-refractivity contribution in [3.05, 3.63) is 48.2 Å². The molecular formula is C17H26BrN3. The van der Waals surface area contributed by atoms with Crippen LogP contribution in [0.5, 0.6) is 0 Å². The maximum atomic E-state index is 3.94. The molecule has 1 rings (SSSR count). The summed E-state index contributed by atoms with van der Waals surface area (Å²) in [5, 5.41) is 0.883. The van der Waals surface area contributed by atoms with Crippen molar-refractivity contribution >= 4 is 34.7 Å². The number of halogens is 1. The van der Waals surface area contributed by atoms with Crippen LogP contribution in [0.25, 0.3) is 0 Å². The second kappa shape index (κ2) is 20.8. The van der Waals surface area contributed by atoms with Crippen LogP contribution in [-0.4, -0.2) is 31.1 Å². The zero-order valence-electron chi connectivity index (χ0n) is 13.4. The Hall–Kier alpha value is -1.55. The third-order valence-corrected chi connectivity index (χ3v) is 2.15. The molecule has 0 amide bonds. The highest BCUT2D eigenvalue weighted by Crippen LogP contribution is 1.92. The van der Waals surface area contributed by atoms with Gasteiger partial charge in [0.2, 0.25) is 0 Å². The Morgan fingerprint density at radius 2 is 1.76 bits per heavy atom. The van der Waals surface area contributed by atoms with Crippen LogP contribution < -0.4 is 0 Å². The van der Waals surface area contributed by atoms with Crippen molar-refractivity contribution in [2.24, 2.45) is 15.0 Å². The van der Waals surface area contributed by atoms with Crippen LogP contribution in [0.15, 0.2) is 57.6 Å². The molecule has 0 fully saturated rings. The first-order valence-corrected chi connectivity index (χ1v) is 8.18. The first-order valence-electron chi connectivity index (χ1n) is 7.06. The second-order valence-corrected chi connectivity index (χ2v) is 3.99. The molecule has 4 heteroatoms. The Labute approximate surface area is 137 Å². The Kier molecular flexibility index (Phi) is 21.5. The molecule has 0 aliphatic heterocycles. The van der Waals surface area contributed by atoms with Crippen LogP contribution in [0.4, 0.5) is 0 Å². The largest absolute Gasteiger partial charge is 0.277 e. The zero-order chi connectivity index (χ0) is 16.2. The SMILES string of the molecule is CC.CCC=N/C=C/CBr.CN=CN=Cc1ccccc1. The maximum absolute atomic E-state index is 3.94. The molecule has 0 bridgehead atoms. The lowest BCUT2D eigenvalue weighted by molar-refractivity contribution is 1.31. The van der Waals surface area contributed by atoms with Gasteiger partial charge < -0.3 is 0 Å². The molecule has 0 saturated heterocycles. The maximum Gasteiger partial charge on any atom is 0.109 e. The molecule has 0 atom stereocenters. The molecule has 3 nitrogen and oxygen atoms in total. The zero-order valence-corrected chi connectivity index (χ0v) is 15.0. The van der Waals surface area contributed by atoms with Gasteiger partial charge in [0, 0.05) is 31.0 Å². The topological polar surface area (TPSA) is 37.1 Å². The molecule has 0 aliphatic rings. The lowest BCUT2D eigenvalue weighted by atomic mass is 10.2. The number of hydrogen-bond acceptors (Lipinski definition) is 2. The molecule has 0 unspecified atom stereocenters. The second-order valence-electron chi connectivity index (χ2n) is 3.34. The van der Waals surface area contributed by atoms with E-state index in [0.717, 1.165) is 17.3 Å². The van der Waals surface area contributed by atoms with Crippen LogP contribution in [0, 0.1) is 0 Å². The van der Waals surface area contributed by atoms with E-state index in [4.69, 9.17) is 0 Å². The van der Waals surface area contributed by atoms with Crippen LogP contribution in [0.1, 0.15) is 32.8 Å². The van der Waals surface area contributed by atoms with E-state index in [1.165, 1.54) is 6.34 Å². The minimum atomic E-state index is 0.883. The van der Waals surface area contributed by atoms with E-state index >= 15 is 0 Å². The number of allylic oxidation sites excluding steroid dienone is 1. The third-order valence-electron chi connectivity index (χ3n) is 1.77. The summed E-state index contributed by atoms with van der Waals surface area (Å²) in [5.74, 6) is 0. The molecule has 0 radical (unpaired) electrons. The minimum Gasteiger partial charge on any atom is -0.277 e. The van der Waals surface area contributed by atoms with Gasteiger partial charge >= 0.3 is 0 Å². The van der Waals surface area contributed by atoms with Crippen molar-refractivity contribution in [1.82, 2.24) is 0 Å². The normalized spacial score (nSPS) is 10.7. The van der Waals surface area contributed by atoms with E-state index < -0.39 is 0 Å². The monoisotopic (exact) mass is 351 g/mol. The van der Waals surface area contributed by atoms with E-state index in [9.17, 15) is 0 Å². The van der Waals surface area contributed by atoms with Gasteiger partial charge in [-0.05, 0) is 12.0 Å². The number of alkyl halides is 1. The van der Waals surface area contributed by atoms with Crippen molar-refractivity contribution in [3.8, 4) is 0 Å². The van der Waals surface area contributed by atoms with Crippen LogP contribution in [0.3, 0.4) is 0 Å². The first-order chi connectivity index (χ1) is 10.3. The van der Waals surface area contributed by atoms with Gasteiger partial charge in [-0.25, -0.2) is 4.99 Å². The summed E-state index contributed by atoms with van der Waals surface area (Å²) in [4.78, 5) is 11.6. The molecule has 1 aromatic rings. The van der Waals surface area contributed by atoms with Gasteiger partial charge in [-0.1, -0.05) is 73.1 Å². The third kappa shape index (κ3) is 18.4.